The average Bonchev–Trinajstić information content (AvgIpc) is 2.74. The Morgan fingerprint density at radius 1 is 1.50 bits per heavy atom. The number of imidazole rings is 1. The molecule has 1 heterocycles. The Bertz CT molecular complexity index is 402. The molecule has 0 aliphatic rings. The number of aliphatic carboxylic acids is 1. The number of amides is 2. The normalized spacial score (nSPS) is 13.7. The van der Waals surface area contributed by atoms with Gasteiger partial charge in [0.1, 0.15) is 5.82 Å². The van der Waals surface area contributed by atoms with Crippen molar-refractivity contribution in [2.24, 2.45) is 0 Å². The Labute approximate surface area is 103 Å². The second-order valence-electron chi connectivity index (χ2n) is 4.14. The highest BCUT2D eigenvalue weighted by molar-refractivity contribution is 5.74. The molecule has 0 aliphatic carbocycles. The third-order valence-corrected chi connectivity index (χ3v) is 2.13. The van der Waals surface area contributed by atoms with Crippen molar-refractivity contribution in [2.75, 3.05) is 6.54 Å². The molecule has 1 aromatic heterocycles. The Morgan fingerprint density at radius 2 is 2.22 bits per heavy atom. The monoisotopic (exact) mass is 256 g/mol. The molecule has 2 amide bonds. The summed E-state index contributed by atoms with van der Waals surface area (Å²) >= 11 is 0. The zero-order valence-electron chi connectivity index (χ0n) is 9.93. The zero-order valence-corrected chi connectivity index (χ0v) is 9.93. The summed E-state index contributed by atoms with van der Waals surface area (Å²) in [6.45, 7) is 1.41. The van der Waals surface area contributed by atoms with E-state index in [1.165, 1.54) is 6.92 Å². The van der Waals surface area contributed by atoms with Gasteiger partial charge in [0.2, 0.25) is 0 Å². The fourth-order valence-corrected chi connectivity index (χ4v) is 1.28. The van der Waals surface area contributed by atoms with Crippen LogP contribution in [0.3, 0.4) is 0 Å². The first-order chi connectivity index (χ1) is 8.39. The molecular formula is C10H16N4O4. The van der Waals surface area contributed by atoms with Gasteiger partial charge in [0.25, 0.3) is 0 Å². The number of carboxylic acid groups (broad SMARTS) is 1. The molecule has 0 aromatic carbocycles. The summed E-state index contributed by atoms with van der Waals surface area (Å²) in [5, 5.41) is 23.1. The summed E-state index contributed by atoms with van der Waals surface area (Å²) in [5.74, 6) is -0.528. The fourth-order valence-electron chi connectivity index (χ4n) is 1.28. The number of carbonyl (C=O) groups excluding carboxylic acids is 1. The second kappa shape index (κ2) is 6.01. The molecule has 0 radical (unpaired) electrons. The van der Waals surface area contributed by atoms with Crippen LogP contribution in [-0.2, 0) is 11.3 Å². The van der Waals surface area contributed by atoms with Crippen molar-refractivity contribution >= 4 is 12.0 Å². The third kappa shape index (κ3) is 5.30. The summed E-state index contributed by atoms with van der Waals surface area (Å²) in [7, 11) is 0. The molecule has 5 N–H and O–H groups in total. The van der Waals surface area contributed by atoms with Gasteiger partial charge in [-0.15, -0.1) is 0 Å². The topological polar surface area (TPSA) is 127 Å². The molecule has 0 aliphatic heterocycles. The van der Waals surface area contributed by atoms with Gasteiger partial charge in [-0.1, -0.05) is 0 Å². The van der Waals surface area contributed by atoms with Crippen molar-refractivity contribution in [3.63, 3.8) is 0 Å². The predicted molar refractivity (Wildman–Crippen MR) is 61.7 cm³/mol. The highest BCUT2D eigenvalue weighted by Crippen LogP contribution is 2.06. The molecule has 8 nitrogen and oxygen atoms in total. The molecule has 0 saturated carbocycles. The minimum atomic E-state index is -1.48. The van der Waals surface area contributed by atoms with E-state index in [0.717, 1.165) is 0 Å². The maximum atomic E-state index is 11.3. The number of carboxylic acids is 1. The predicted octanol–water partition coefficient (Wildman–Crippen LogP) is -0.565. The van der Waals surface area contributed by atoms with Crippen LogP contribution in [0.2, 0.25) is 0 Å². The van der Waals surface area contributed by atoms with Gasteiger partial charge < -0.3 is 25.8 Å². The van der Waals surface area contributed by atoms with Crippen LogP contribution in [0.25, 0.3) is 0 Å². The molecule has 1 atom stereocenters. The number of aromatic amines is 1. The van der Waals surface area contributed by atoms with Gasteiger partial charge in [0.15, 0.2) is 0 Å². The number of aliphatic hydroxyl groups is 1. The lowest BCUT2D eigenvalue weighted by molar-refractivity contribution is -0.141. The Morgan fingerprint density at radius 3 is 2.78 bits per heavy atom. The van der Waals surface area contributed by atoms with Gasteiger partial charge in [0.05, 0.1) is 18.6 Å². The van der Waals surface area contributed by atoms with Crippen LogP contribution in [0, 0.1) is 0 Å². The number of carbonyl (C=O) groups is 2. The second-order valence-corrected chi connectivity index (χ2v) is 4.14. The van der Waals surface area contributed by atoms with Gasteiger partial charge in [-0.05, 0) is 6.92 Å². The maximum absolute atomic E-state index is 11.3. The van der Waals surface area contributed by atoms with E-state index in [1.807, 2.05) is 0 Å². The van der Waals surface area contributed by atoms with E-state index < -0.39 is 24.0 Å². The van der Waals surface area contributed by atoms with Crippen molar-refractivity contribution in [1.29, 1.82) is 0 Å². The molecule has 1 unspecified atom stereocenters. The summed E-state index contributed by atoms with van der Waals surface area (Å²) in [6.07, 6.45) is 2.75. The number of urea groups is 1. The molecule has 1 aromatic rings. The van der Waals surface area contributed by atoms with Gasteiger partial charge in [-0.2, -0.15) is 0 Å². The molecule has 1 rings (SSSR count). The van der Waals surface area contributed by atoms with E-state index in [-0.39, 0.29) is 13.1 Å². The molecule has 0 saturated heterocycles. The zero-order chi connectivity index (χ0) is 13.6. The fraction of sp³-hybridized carbons (Fsp3) is 0.500. The van der Waals surface area contributed by atoms with Gasteiger partial charge >= 0.3 is 12.0 Å². The van der Waals surface area contributed by atoms with Crippen LogP contribution in [0.15, 0.2) is 12.4 Å². The summed E-state index contributed by atoms with van der Waals surface area (Å²) in [6, 6.07) is -0.503. The highest BCUT2D eigenvalue weighted by Gasteiger charge is 2.24. The highest BCUT2D eigenvalue weighted by atomic mass is 16.4. The van der Waals surface area contributed by atoms with E-state index in [2.05, 4.69) is 20.6 Å². The lowest BCUT2D eigenvalue weighted by atomic mass is 10.0. The number of aromatic nitrogens is 2. The van der Waals surface area contributed by atoms with Gasteiger partial charge in [0, 0.05) is 18.9 Å². The third-order valence-electron chi connectivity index (χ3n) is 2.13. The van der Waals surface area contributed by atoms with Crippen LogP contribution in [0.4, 0.5) is 4.79 Å². The first-order valence-electron chi connectivity index (χ1n) is 5.33. The number of nitrogens with one attached hydrogen (secondary N) is 3. The Hall–Kier alpha value is -2.09. The first-order valence-corrected chi connectivity index (χ1v) is 5.33. The first kappa shape index (κ1) is 14.0. The van der Waals surface area contributed by atoms with Crippen molar-refractivity contribution in [3.8, 4) is 0 Å². The van der Waals surface area contributed by atoms with Gasteiger partial charge in [-0.25, -0.2) is 9.78 Å². The number of hydrogen-bond donors (Lipinski definition) is 5. The average molecular weight is 256 g/mol. The molecule has 0 spiro atoms. The molecular weight excluding hydrogens is 240 g/mol. The van der Waals surface area contributed by atoms with Crippen molar-refractivity contribution < 1.29 is 19.8 Å². The van der Waals surface area contributed by atoms with Crippen molar-refractivity contribution in [1.82, 2.24) is 20.6 Å². The van der Waals surface area contributed by atoms with E-state index >= 15 is 0 Å². The minimum Gasteiger partial charge on any atom is -0.481 e. The molecule has 18 heavy (non-hydrogen) atoms. The lowest BCUT2D eigenvalue weighted by Crippen LogP contribution is -2.45. The Kier molecular flexibility index (Phi) is 4.67. The minimum absolute atomic E-state index is 0.150. The van der Waals surface area contributed by atoms with Gasteiger partial charge in [-0.3, -0.25) is 4.79 Å². The van der Waals surface area contributed by atoms with Crippen molar-refractivity contribution in [2.45, 2.75) is 25.5 Å². The number of H-pyrrole nitrogens is 1. The molecule has 8 heteroatoms. The van der Waals surface area contributed by atoms with Crippen LogP contribution in [0.5, 0.6) is 0 Å². The number of hydrogen-bond acceptors (Lipinski definition) is 4. The van der Waals surface area contributed by atoms with E-state index in [1.54, 1.807) is 12.4 Å². The molecule has 0 bridgehead atoms. The van der Waals surface area contributed by atoms with Crippen LogP contribution in [-0.4, -0.2) is 44.3 Å². The maximum Gasteiger partial charge on any atom is 0.315 e. The SMILES string of the molecule is CC(O)(CNC(=O)NCc1ncc[nH]1)CC(=O)O. The van der Waals surface area contributed by atoms with Crippen LogP contribution < -0.4 is 10.6 Å². The summed E-state index contributed by atoms with van der Waals surface area (Å²) < 4.78 is 0. The molecule has 0 fully saturated rings. The van der Waals surface area contributed by atoms with Crippen molar-refractivity contribution in [3.05, 3.63) is 18.2 Å². The van der Waals surface area contributed by atoms with E-state index in [9.17, 15) is 14.7 Å². The van der Waals surface area contributed by atoms with Crippen LogP contribution >= 0.6 is 0 Å². The number of nitrogens with zero attached hydrogens (tertiary/aromatic N) is 1. The quantitative estimate of drug-likeness (QED) is 0.466. The smallest absolute Gasteiger partial charge is 0.315 e. The lowest BCUT2D eigenvalue weighted by Gasteiger charge is -2.21. The standard InChI is InChI=1S/C10H16N4O4/c1-10(18,4-8(15)16)6-14-9(17)13-5-7-11-2-3-12-7/h2-3,18H,4-6H2,1H3,(H,11,12)(H,15,16)(H2,13,14,17). The Balaban J connectivity index is 2.26. The van der Waals surface area contributed by atoms with E-state index in [0.29, 0.717) is 5.82 Å². The summed E-state index contributed by atoms with van der Waals surface area (Å²) in [5.41, 5.74) is -1.48. The largest absolute Gasteiger partial charge is 0.481 e. The summed E-state index contributed by atoms with van der Waals surface area (Å²) in [4.78, 5) is 28.5. The molecule has 100 valence electrons. The van der Waals surface area contributed by atoms with E-state index in [4.69, 9.17) is 5.11 Å². The number of rotatable bonds is 6. The van der Waals surface area contributed by atoms with Crippen LogP contribution in [0.1, 0.15) is 19.2 Å².